The lowest BCUT2D eigenvalue weighted by atomic mass is 10.1. The van der Waals surface area contributed by atoms with Gasteiger partial charge in [-0.2, -0.15) is 5.26 Å². The van der Waals surface area contributed by atoms with Crippen molar-refractivity contribution < 1.29 is 14.3 Å². The topological polar surface area (TPSA) is 126 Å². The molecule has 3 aromatic rings. The molecule has 0 aliphatic rings. The maximum atomic E-state index is 12.1. The molecule has 3 rings (SSSR count). The number of H-pyrrole nitrogens is 1. The highest BCUT2D eigenvalue weighted by atomic mass is 16.5. The van der Waals surface area contributed by atoms with E-state index in [0.29, 0.717) is 35.1 Å². The van der Waals surface area contributed by atoms with Crippen LogP contribution in [0.25, 0.3) is 0 Å². The van der Waals surface area contributed by atoms with E-state index in [9.17, 15) is 10.1 Å². The van der Waals surface area contributed by atoms with Crippen molar-refractivity contribution >= 4 is 23.0 Å². The lowest BCUT2D eigenvalue weighted by Gasteiger charge is -2.08. The van der Waals surface area contributed by atoms with Crippen LogP contribution in [0, 0.1) is 18.3 Å². The van der Waals surface area contributed by atoms with Crippen molar-refractivity contribution in [1.29, 1.82) is 5.26 Å². The van der Waals surface area contributed by atoms with Gasteiger partial charge in [0.15, 0.2) is 0 Å². The summed E-state index contributed by atoms with van der Waals surface area (Å²) in [5, 5.41) is 12.4. The number of nitrogens with two attached hydrogens (primary N) is 1. The maximum Gasteiger partial charge on any atom is 0.226 e. The van der Waals surface area contributed by atoms with E-state index in [2.05, 4.69) is 21.4 Å². The third-order valence-corrected chi connectivity index (χ3v) is 4.78. The summed E-state index contributed by atoms with van der Waals surface area (Å²) in [5.41, 5.74) is 8.78. The van der Waals surface area contributed by atoms with Gasteiger partial charge in [-0.1, -0.05) is 18.2 Å². The summed E-state index contributed by atoms with van der Waals surface area (Å²) in [5.74, 6) is 1.22. The second-order valence-corrected chi connectivity index (χ2v) is 7.05. The van der Waals surface area contributed by atoms with Crippen molar-refractivity contribution in [2.24, 2.45) is 10.7 Å². The fraction of sp³-hybridized carbons (Fsp3) is 0.160. The largest absolute Gasteiger partial charge is 0.457 e. The van der Waals surface area contributed by atoms with Crippen LogP contribution in [0.15, 0.2) is 77.6 Å². The highest BCUT2D eigenvalue weighted by Crippen LogP contribution is 2.27. The molecule has 8 nitrogen and oxygen atoms in total. The van der Waals surface area contributed by atoms with Gasteiger partial charge < -0.3 is 25.5 Å². The van der Waals surface area contributed by atoms with E-state index in [4.69, 9.17) is 15.2 Å². The standard InChI is InChI=1S/C25H25N5O3/c1-17-22(30-23(31)12-13-32-2)16-28-24(17)25(18(14-26)15-27)29-19-8-10-21(11-9-19)33-20-6-4-3-5-7-20/h3-11,14,16,28H,12-13,26H2,1-2H3,(H,30,31). The number of methoxy groups -OCH3 is 1. The minimum atomic E-state index is -0.173. The van der Waals surface area contributed by atoms with E-state index in [1.54, 1.807) is 37.6 Å². The summed E-state index contributed by atoms with van der Waals surface area (Å²) in [6, 6.07) is 18.7. The van der Waals surface area contributed by atoms with Crippen LogP contribution in [-0.2, 0) is 9.53 Å². The van der Waals surface area contributed by atoms with Crippen LogP contribution in [0.3, 0.4) is 0 Å². The molecule has 0 atom stereocenters. The number of aromatic amines is 1. The Morgan fingerprint density at radius 2 is 1.88 bits per heavy atom. The Bertz CT molecular complexity index is 1190. The highest BCUT2D eigenvalue weighted by Gasteiger charge is 2.18. The number of aliphatic imine (C=N–C) groups is 1. The Hall–Kier alpha value is -4.35. The summed E-state index contributed by atoms with van der Waals surface area (Å²) in [6.45, 7) is 2.16. The number of benzene rings is 2. The smallest absolute Gasteiger partial charge is 0.226 e. The number of anilines is 1. The second-order valence-electron chi connectivity index (χ2n) is 7.05. The summed E-state index contributed by atoms with van der Waals surface area (Å²) < 4.78 is 10.8. The number of hydrogen-bond donors (Lipinski definition) is 3. The predicted octanol–water partition coefficient (Wildman–Crippen LogP) is 4.58. The Labute approximate surface area is 192 Å². The van der Waals surface area contributed by atoms with E-state index in [1.165, 1.54) is 6.20 Å². The van der Waals surface area contributed by atoms with Gasteiger partial charge in [0.05, 0.1) is 35.7 Å². The molecule has 0 fully saturated rings. The van der Waals surface area contributed by atoms with Crippen LogP contribution >= 0.6 is 0 Å². The number of hydrogen-bond acceptors (Lipinski definition) is 6. The van der Waals surface area contributed by atoms with Crippen molar-refractivity contribution in [3.63, 3.8) is 0 Å². The number of nitrogens with zero attached hydrogens (tertiary/aromatic N) is 2. The molecule has 168 valence electrons. The first-order valence-corrected chi connectivity index (χ1v) is 10.3. The van der Waals surface area contributed by atoms with E-state index in [1.807, 2.05) is 37.3 Å². The third kappa shape index (κ3) is 6.09. The maximum absolute atomic E-state index is 12.1. The molecule has 0 saturated carbocycles. The number of rotatable bonds is 9. The molecule has 2 aromatic carbocycles. The molecular formula is C25H25N5O3. The normalized spacial score (nSPS) is 11.7. The molecule has 33 heavy (non-hydrogen) atoms. The molecule has 0 aliphatic carbocycles. The molecule has 0 radical (unpaired) electrons. The molecule has 1 aromatic heterocycles. The van der Waals surface area contributed by atoms with Crippen molar-refractivity contribution in [2.75, 3.05) is 19.0 Å². The SMILES string of the molecule is COCCC(=O)Nc1c[nH]c(C(=Nc2ccc(Oc3ccccc3)cc2)C(C#N)=CN)c1C. The molecule has 0 bridgehead atoms. The molecular weight excluding hydrogens is 418 g/mol. The third-order valence-electron chi connectivity index (χ3n) is 4.78. The number of para-hydroxylation sites is 1. The van der Waals surface area contributed by atoms with E-state index < -0.39 is 0 Å². The molecule has 0 unspecified atom stereocenters. The monoisotopic (exact) mass is 443 g/mol. The van der Waals surface area contributed by atoms with Crippen molar-refractivity contribution in [3.05, 3.63) is 83.8 Å². The van der Waals surface area contributed by atoms with Gasteiger partial charge in [0.1, 0.15) is 23.3 Å². The van der Waals surface area contributed by atoms with Crippen molar-refractivity contribution in [1.82, 2.24) is 4.98 Å². The van der Waals surface area contributed by atoms with Gasteiger partial charge in [0.2, 0.25) is 5.91 Å². The Kier molecular flexibility index (Phi) is 8.00. The van der Waals surface area contributed by atoms with Gasteiger partial charge in [-0.05, 0) is 48.9 Å². The summed E-state index contributed by atoms with van der Waals surface area (Å²) in [4.78, 5) is 19.8. The Morgan fingerprint density at radius 3 is 2.52 bits per heavy atom. The Balaban J connectivity index is 1.88. The van der Waals surface area contributed by atoms with Crippen LogP contribution in [0.2, 0.25) is 0 Å². The zero-order chi connectivity index (χ0) is 23.6. The number of aromatic nitrogens is 1. The number of carbonyl (C=O) groups is 1. The van der Waals surface area contributed by atoms with Crippen LogP contribution < -0.4 is 15.8 Å². The van der Waals surface area contributed by atoms with E-state index >= 15 is 0 Å². The summed E-state index contributed by atoms with van der Waals surface area (Å²) in [6.07, 6.45) is 3.11. The van der Waals surface area contributed by atoms with Gasteiger partial charge in [0.25, 0.3) is 0 Å². The average Bonchev–Trinajstić information content (AvgIpc) is 3.19. The fourth-order valence-electron chi connectivity index (χ4n) is 3.04. The highest BCUT2D eigenvalue weighted by molar-refractivity contribution is 6.16. The zero-order valence-electron chi connectivity index (χ0n) is 18.5. The van der Waals surface area contributed by atoms with Gasteiger partial charge in [0, 0.05) is 19.5 Å². The first-order chi connectivity index (χ1) is 16.0. The molecule has 4 N–H and O–H groups in total. The first kappa shape index (κ1) is 23.3. The van der Waals surface area contributed by atoms with Crippen LogP contribution in [0.1, 0.15) is 17.7 Å². The number of nitrogens with one attached hydrogen (secondary N) is 2. The minimum absolute atomic E-state index is 0.173. The number of carbonyl (C=O) groups excluding carboxylic acids is 1. The molecule has 1 heterocycles. The van der Waals surface area contributed by atoms with Gasteiger partial charge >= 0.3 is 0 Å². The van der Waals surface area contributed by atoms with Crippen molar-refractivity contribution in [3.8, 4) is 17.6 Å². The fourth-order valence-corrected chi connectivity index (χ4v) is 3.04. The number of nitriles is 1. The number of amides is 1. The van der Waals surface area contributed by atoms with Gasteiger partial charge in [-0.25, -0.2) is 4.99 Å². The molecule has 0 saturated heterocycles. The molecule has 0 aliphatic heterocycles. The van der Waals surface area contributed by atoms with Crippen LogP contribution in [-0.4, -0.2) is 30.3 Å². The second kappa shape index (κ2) is 11.3. The van der Waals surface area contributed by atoms with Crippen molar-refractivity contribution in [2.45, 2.75) is 13.3 Å². The van der Waals surface area contributed by atoms with Gasteiger partial charge in [-0.15, -0.1) is 0 Å². The quantitative estimate of drug-likeness (QED) is 0.330. The summed E-state index contributed by atoms with van der Waals surface area (Å²) >= 11 is 0. The minimum Gasteiger partial charge on any atom is -0.457 e. The van der Waals surface area contributed by atoms with E-state index in [-0.39, 0.29) is 17.9 Å². The predicted molar refractivity (Wildman–Crippen MR) is 128 cm³/mol. The lowest BCUT2D eigenvalue weighted by molar-refractivity contribution is -0.117. The molecule has 1 amide bonds. The number of allylic oxidation sites excluding steroid dienone is 1. The summed E-state index contributed by atoms with van der Waals surface area (Å²) in [7, 11) is 1.54. The lowest BCUT2D eigenvalue weighted by Crippen LogP contribution is -2.14. The van der Waals surface area contributed by atoms with Crippen LogP contribution in [0.5, 0.6) is 11.5 Å². The van der Waals surface area contributed by atoms with Crippen LogP contribution in [0.4, 0.5) is 11.4 Å². The first-order valence-electron chi connectivity index (χ1n) is 10.3. The van der Waals surface area contributed by atoms with Gasteiger partial charge in [-0.3, -0.25) is 4.79 Å². The zero-order valence-corrected chi connectivity index (χ0v) is 18.5. The average molecular weight is 444 g/mol. The van der Waals surface area contributed by atoms with E-state index in [0.717, 1.165) is 11.3 Å². The molecule has 8 heteroatoms. The molecule has 0 spiro atoms. The Morgan fingerprint density at radius 1 is 1.18 bits per heavy atom. The number of ether oxygens (including phenoxy) is 2.